The van der Waals surface area contributed by atoms with E-state index in [4.69, 9.17) is 0 Å². The number of hydrogen-bond donors (Lipinski definition) is 0. The van der Waals surface area contributed by atoms with Crippen molar-refractivity contribution < 1.29 is 0 Å². The van der Waals surface area contributed by atoms with Gasteiger partial charge in [-0.05, 0) is 13.8 Å². The Labute approximate surface area is 102 Å². The number of rotatable bonds is 4. The summed E-state index contributed by atoms with van der Waals surface area (Å²) in [5.74, 6) is 0.890. The zero-order valence-electron chi connectivity index (χ0n) is 9.21. The molecule has 86 valence electrons. The molecule has 0 aliphatic carbocycles. The van der Waals surface area contributed by atoms with Gasteiger partial charge in [0.2, 0.25) is 0 Å². The molecule has 0 bridgehead atoms. The molecule has 1 unspecified atom stereocenters. The maximum atomic E-state index is 4.19. The normalized spacial score (nSPS) is 12.9. The topological polar surface area (TPSA) is 61.4 Å². The van der Waals surface area contributed by atoms with Crippen molar-refractivity contribution in [3.8, 4) is 0 Å². The average Bonchev–Trinajstić information content (AvgIpc) is 2.87. The van der Waals surface area contributed by atoms with Crippen LogP contribution in [0.3, 0.4) is 0 Å². The largest absolute Gasteiger partial charge is 0.249 e. The molecule has 0 fully saturated rings. The lowest BCUT2D eigenvalue weighted by atomic mass is 10.4. The van der Waals surface area contributed by atoms with E-state index in [0.29, 0.717) is 6.54 Å². The van der Waals surface area contributed by atoms with Crippen molar-refractivity contribution in [2.75, 3.05) is 0 Å². The van der Waals surface area contributed by atoms with Gasteiger partial charge in [-0.1, -0.05) is 21.1 Å². The van der Waals surface area contributed by atoms with Crippen LogP contribution >= 0.6 is 15.9 Å². The molecule has 0 saturated heterocycles. The highest BCUT2D eigenvalue weighted by molar-refractivity contribution is 9.09. The van der Waals surface area contributed by atoms with Gasteiger partial charge in [0.1, 0.15) is 18.7 Å². The van der Waals surface area contributed by atoms with Crippen molar-refractivity contribution in [1.29, 1.82) is 0 Å². The highest BCUT2D eigenvalue weighted by Gasteiger charge is 2.08. The summed E-state index contributed by atoms with van der Waals surface area (Å²) in [5, 5.41) is 12.2. The standard InChI is InChI=1S/C9H13BrN6/c1-3-16-9(11-6-12-16)5-15-4-8(7(2)10)13-14-15/h4,6-7H,3,5H2,1-2H3. The van der Waals surface area contributed by atoms with E-state index in [1.807, 2.05) is 24.7 Å². The minimum atomic E-state index is 0.213. The van der Waals surface area contributed by atoms with E-state index < -0.39 is 0 Å². The van der Waals surface area contributed by atoms with Crippen molar-refractivity contribution in [3.63, 3.8) is 0 Å². The first-order valence-corrected chi connectivity index (χ1v) is 6.03. The smallest absolute Gasteiger partial charge is 0.148 e. The van der Waals surface area contributed by atoms with Crippen molar-refractivity contribution >= 4 is 15.9 Å². The SMILES string of the molecule is CCn1ncnc1Cn1cc(C(C)Br)nn1. The molecule has 0 radical (unpaired) electrons. The second-order valence-electron chi connectivity index (χ2n) is 3.45. The Kier molecular flexibility index (Phi) is 3.33. The monoisotopic (exact) mass is 284 g/mol. The second-order valence-corrected chi connectivity index (χ2v) is 4.82. The molecule has 2 aromatic rings. The average molecular weight is 285 g/mol. The van der Waals surface area contributed by atoms with Crippen LogP contribution in [0.4, 0.5) is 0 Å². The molecule has 0 aromatic carbocycles. The third-order valence-corrected chi connectivity index (χ3v) is 2.73. The minimum absolute atomic E-state index is 0.213. The van der Waals surface area contributed by atoms with Gasteiger partial charge in [-0.3, -0.25) is 0 Å². The fourth-order valence-electron chi connectivity index (χ4n) is 1.39. The van der Waals surface area contributed by atoms with Crippen LogP contribution in [0, 0.1) is 0 Å². The molecule has 0 N–H and O–H groups in total. The fraction of sp³-hybridized carbons (Fsp3) is 0.556. The van der Waals surface area contributed by atoms with Crippen LogP contribution in [-0.4, -0.2) is 29.8 Å². The van der Waals surface area contributed by atoms with Crippen LogP contribution in [0.25, 0.3) is 0 Å². The molecule has 2 aromatic heterocycles. The highest BCUT2D eigenvalue weighted by Crippen LogP contribution is 2.18. The molecule has 0 aliphatic heterocycles. The third kappa shape index (κ3) is 2.29. The summed E-state index contributed by atoms with van der Waals surface area (Å²) in [6, 6.07) is 0. The van der Waals surface area contributed by atoms with Crippen LogP contribution < -0.4 is 0 Å². The summed E-state index contributed by atoms with van der Waals surface area (Å²) in [7, 11) is 0. The zero-order chi connectivity index (χ0) is 11.5. The minimum Gasteiger partial charge on any atom is -0.249 e. The van der Waals surface area contributed by atoms with Gasteiger partial charge in [0, 0.05) is 6.54 Å². The number of hydrogen-bond acceptors (Lipinski definition) is 4. The quantitative estimate of drug-likeness (QED) is 0.796. The van der Waals surface area contributed by atoms with Crippen LogP contribution in [0.15, 0.2) is 12.5 Å². The van der Waals surface area contributed by atoms with E-state index in [0.717, 1.165) is 18.1 Å². The van der Waals surface area contributed by atoms with E-state index in [-0.39, 0.29) is 4.83 Å². The van der Waals surface area contributed by atoms with E-state index in [1.165, 1.54) is 0 Å². The van der Waals surface area contributed by atoms with Crippen molar-refractivity contribution in [3.05, 3.63) is 24.0 Å². The van der Waals surface area contributed by atoms with Crippen LogP contribution in [-0.2, 0) is 13.1 Å². The van der Waals surface area contributed by atoms with Gasteiger partial charge in [0.25, 0.3) is 0 Å². The molecule has 7 heteroatoms. The van der Waals surface area contributed by atoms with Gasteiger partial charge in [-0.15, -0.1) is 5.10 Å². The lowest BCUT2D eigenvalue weighted by molar-refractivity contribution is 0.557. The van der Waals surface area contributed by atoms with Crippen LogP contribution in [0.1, 0.15) is 30.2 Å². The summed E-state index contributed by atoms with van der Waals surface area (Å²) in [6.07, 6.45) is 3.47. The predicted octanol–water partition coefficient (Wildman–Crippen LogP) is 1.39. The molecule has 0 spiro atoms. The van der Waals surface area contributed by atoms with E-state index in [9.17, 15) is 0 Å². The third-order valence-electron chi connectivity index (χ3n) is 2.26. The molecule has 0 aliphatic rings. The zero-order valence-corrected chi connectivity index (χ0v) is 10.8. The Morgan fingerprint density at radius 3 is 2.94 bits per heavy atom. The van der Waals surface area contributed by atoms with Gasteiger partial charge in [-0.25, -0.2) is 14.3 Å². The predicted molar refractivity (Wildman–Crippen MR) is 62.2 cm³/mol. The number of nitrogens with zero attached hydrogens (tertiary/aromatic N) is 6. The number of aromatic nitrogens is 6. The first-order chi connectivity index (χ1) is 7.70. The van der Waals surface area contributed by atoms with Crippen molar-refractivity contribution in [2.24, 2.45) is 0 Å². The highest BCUT2D eigenvalue weighted by atomic mass is 79.9. The Morgan fingerprint density at radius 1 is 1.50 bits per heavy atom. The van der Waals surface area contributed by atoms with Crippen molar-refractivity contribution in [2.45, 2.75) is 31.8 Å². The molecular formula is C9H13BrN6. The number of halogens is 1. The molecule has 2 rings (SSSR count). The Hall–Kier alpha value is -1.24. The number of aryl methyl sites for hydroxylation is 1. The van der Waals surface area contributed by atoms with Crippen LogP contribution in [0.5, 0.6) is 0 Å². The Morgan fingerprint density at radius 2 is 2.31 bits per heavy atom. The summed E-state index contributed by atoms with van der Waals surface area (Å²) in [5.41, 5.74) is 0.919. The molecule has 1 atom stereocenters. The molecular weight excluding hydrogens is 272 g/mol. The van der Waals surface area contributed by atoms with Gasteiger partial charge < -0.3 is 0 Å². The Balaban J connectivity index is 2.14. The fourth-order valence-corrected chi connectivity index (χ4v) is 1.60. The van der Waals surface area contributed by atoms with Gasteiger partial charge in [-0.2, -0.15) is 5.10 Å². The lowest BCUT2D eigenvalue weighted by Crippen LogP contribution is -2.09. The van der Waals surface area contributed by atoms with Crippen LogP contribution in [0.2, 0.25) is 0 Å². The molecule has 16 heavy (non-hydrogen) atoms. The lowest BCUT2D eigenvalue weighted by Gasteiger charge is -2.01. The van der Waals surface area contributed by atoms with Gasteiger partial charge >= 0.3 is 0 Å². The van der Waals surface area contributed by atoms with E-state index in [1.54, 1.807) is 11.0 Å². The molecule has 0 saturated carbocycles. The summed E-state index contributed by atoms with van der Waals surface area (Å²) < 4.78 is 3.61. The maximum absolute atomic E-state index is 4.19. The molecule has 0 amide bonds. The van der Waals surface area contributed by atoms with E-state index >= 15 is 0 Å². The first kappa shape index (κ1) is 11.3. The van der Waals surface area contributed by atoms with Gasteiger partial charge in [0.05, 0.1) is 16.7 Å². The summed E-state index contributed by atoms with van der Waals surface area (Å²) in [4.78, 5) is 4.40. The van der Waals surface area contributed by atoms with Crippen molar-refractivity contribution in [1.82, 2.24) is 29.8 Å². The number of alkyl halides is 1. The maximum Gasteiger partial charge on any atom is 0.148 e. The Bertz CT molecular complexity index is 460. The first-order valence-electron chi connectivity index (χ1n) is 5.11. The molecule has 2 heterocycles. The van der Waals surface area contributed by atoms with Gasteiger partial charge in [0.15, 0.2) is 0 Å². The molecule has 6 nitrogen and oxygen atoms in total. The second kappa shape index (κ2) is 4.73. The summed E-state index contributed by atoms with van der Waals surface area (Å²) in [6.45, 7) is 5.46. The van der Waals surface area contributed by atoms with E-state index in [2.05, 4.69) is 36.3 Å². The summed E-state index contributed by atoms with van der Waals surface area (Å²) >= 11 is 3.45.